The maximum Gasteiger partial charge on any atom is 0.191 e. The van der Waals surface area contributed by atoms with Crippen molar-refractivity contribution in [3.8, 4) is 0 Å². The fourth-order valence-electron chi connectivity index (χ4n) is 2.84. The molecular formula is C18H41IN4O2S. The molecule has 0 aromatic heterocycles. The number of hydrogen-bond donors (Lipinski definition) is 2. The highest BCUT2D eigenvalue weighted by Crippen LogP contribution is 2.12. The molecule has 0 amide bonds. The molecular weight excluding hydrogens is 463 g/mol. The molecule has 0 bridgehead atoms. The van der Waals surface area contributed by atoms with Crippen LogP contribution in [0.25, 0.3) is 0 Å². The normalized spacial score (nSPS) is 14.9. The number of hydrogen-bond acceptors (Lipinski definition) is 4. The Morgan fingerprint density at radius 1 is 1.12 bits per heavy atom. The highest BCUT2D eigenvalue weighted by Gasteiger charge is 2.17. The van der Waals surface area contributed by atoms with E-state index in [0.29, 0.717) is 18.4 Å². The minimum atomic E-state index is -2.93. The fraction of sp³-hybridized carbons (Fsp3) is 0.944. The van der Waals surface area contributed by atoms with Crippen LogP contribution in [0.1, 0.15) is 54.4 Å². The summed E-state index contributed by atoms with van der Waals surface area (Å²) in [6, 6.07) is 0.487. The Morgan fingerprint density at radius 3 is 2.12 bits per heavy atom. The zero-order valence-corrected chi connectivity index (χ0v) is 20.9. The molecule has 0 aliphatic carbocycles. The molecule has 0 aliphatic rings. The lowest BCUT2D eigenvalue weighted by atomic mass is 10.0. The molecule has 0 saturated heterocycles. The van der Waals surface area contributed by atoms with Gasteiger partial charge in [0.05, 0.1) is 12.3 Å². The van der Waals surface area contributed by atoms with Gasteiger partial charge in [0.2, 0.25) is 0 Å². The van der Waals surface area contributed by atoms with E-state index in [2.05, 4.69) is 43.2 Å². The zero-order valence-electron chi connectivity index (χ0n) is 17.7. The van der Waals surface area contributed by atoms with E-state index in [1.165, 1.54) is 6.26 Å². The summed E-state index contributed by atoms with van der Waals surface area (Å²) in [5.74, 6) is 1.59. The molecule has 0 radical (unpaired) electrons. The Kier molecular flexibility index (Phi) is 16.1. The molecule has 0 rings (SSSR count). The monoisotopic (exact) mass is 504 g/mol. The minimum absolute atomic E-state index is 0. The van der Waals surface area contributed by atoms with E-state index in [0.717, 1.165) is 38.6 Å². The van der Waals surface area contributed by atoms with Crippen LogP contribution in [0.4, 0.5) is 0 Å². The second-order valence-electron chi connectivity index (χ2n) is 7.19. The number of rotatable bonds is 12. The Morgan fingerprint density at radius 2 is 1.69 bits per heavy atom. The largest absolute Gasteiger partial charge is 0.357 e. The Bertz CT molecular complexity index is 480. The molecule has 8 heteroatoms. The van der Waals surface area contributed by atoms with E-state index in [9.17, 15) is 8.42 Å². The van der Waals surface area contributed by atoms with Crippen molar-refractivity contribution in [1.82, 2.24) is 15.5 Å². The van der Waals surface area contributed by atoms with E-state index in [4.69, 9.17) is 4.99 Å². The van der Waals surface area contributed by atoms with Gasteiger partial charge in [0.15, 0.2) is 5.96 Å². The van der Waals surface area contributed by atoms with Crippen molar-refractivity contribution < 1.29 is 8.42 Å². The quantitative estimate of drug-likeness (QED) is 0.243. The number of aliphatic imine (C=N–C) groups is 1. The molecule has 0 fully saturated rings. The van der Waals surface area contributed by atoms with Crippen molar-refractivity contribution in [2.45, 2.75) is 66.5 Å². The molecule has 0 aromatic carbocycles. The first-order valence-corrected chi connectivity index (χ1v) is 11.6. The maximum absolute atomic E-state index is 11.3. The summed E-state index contributed by atoms with van der Waals surface area (Å²) in [5.41, 5.74) is 0. The average Bonchev–Trinajstić information content (AvgIpc) is 2.50. The van der Waals surface area contributed by atoms with Gasteiger partial charge in [-0.2, -0.15) is 0 Å². The van der Waals surface area contributed by atoms with Gasteiger partial charge >= 0.3 is 0 Å². The minimum Gasteiger partial charge on any atom is -0.357 e. The molecule has 26 heavy (non-hydrogen) atoms. The van der Waals surface area contributed by atoms with Gasteiger partial charge in [0.25, 0.3) is 0 Å². The van der Waals surface area contributed by atoms with Gasteiger partial charge in [-0.25, -0.2) is 8.42 Å². The van der Waals surface area contributed by atoms with E-state index in [1.807, 2.05) is 13.8 Å². The molecule has 158 valence electrons. The van der Waals surface area contributed by atoms with E-state index >= 15 is 0 Å². The van der Waals surface area contributed by atoms with Crippen LogP contribution in [0.15, 0.2) is 4.99 Å². The van der Waals surface area contributed by atoms with Crippen molar-refractivity contribution in [2.24, 2.45) is 10.9 Å². The highest BCUT2D eigenvalue weighted by atomic mass is 127. The topological polar surface area (TPSA) is 73.8 Å². The Balaban J connectivity index is 0. The summed E-state index contributed by atoms with van der Waals surface area (Å²) in [7, 11) is -2.93. The smallest absolute Gasteiger partial charge is 0.191 e. The molecule has 6 nitrogen and oxygen atoms in total. The first-order valence-electron chi connectivity index (χ1n) is 9.59. The van der Waals surface area contributed by atoms with E-state index in [1.54, 1.807) is 0 Å². The fourth-order valence-corrected chi connectivity index (χ4v) is 3.62. The molecule has 2 N–H and O–H groups in total. The lowest BCUT2D eigenvalue weighted by Crippen LogP contribution is -2.44. The Hall–Kier alpha value is -0.0900. The molecule has 2 unspecified atom stereocenters. The number of halogens is 1. The maximum atomic E-state index is 11.3. The van der Waals surface area contributed by atoms with Gasteiger partial charge in [-0.05, 0) is 45.7 Å². The van der Waals surface area contributed by atoms with Gasteiger partial charge in [-0.15, -0.1) is 24.0 Å². The van der Waals surface area contributed by atoms with Crippen LogP contribution in [0, 0.1) is 5.92 Å². The number of nitrogens with one attached hydrogen (secondary N) is 2. The first kappa shape index (κ1) is 28.1. The van der Waals surface area contributed by atoms with Crippen LogP contribution in [0.5, 0.6) is 0 Å². The number of guanidine groups is 1. The van der Waals surface area contributed by atoms with E-state index < -0.39 is 9.84 Å². The number of nitrogens with zero attached hydrogens (tertiary/aromatic N) is 2. The van der Waals surface area contributed by atoms with Crippen LogP contribution >= 0.6 is 24.0 Å². The standard InChI is InChI=1S/C18H40N4O2S.HI/c1-8-19-18(21-16(6)11-12-25(7,23)24)20-14-17(13-15(4)5)22(9-2)10-3;/h15-17H,8-14H2,1-7H3,(H2,19,20,21);1H. The summed E-state index contributed by atoms with van der Waals surface area (Å²) in [4.78, 5) is 7.23. The predicted octanol–water partition coefficient (Wildman–Crippen LogP) is 2.74. The van der Waals surface area contributed by atoms with Crippen LogP contribution in [-0.2, 0) is 9.84 Å². The van der Waals surface area contributed by atoms with Gasteiger partial charge in [-0.3, -0.25) is 9.89 Å². The second-order valence-corrected chi connectivity index (χ2v) is 9.45. The average molecular weight is 505 g/mol. The molecule has 0 saturated carbocycles. The first-order chi connectivity index (χ1) is 11.6. The van der Waals surface area contributed by atoms with Crippen molar-refractivity contribution in [2.75, 3.05) is 38.2 Å². The van der Waals surface area contributed by atoms with Gasteiger partial charge in [0.1, 0.15) is 9.84 Å². The SMILES string of the molecule is CCNC(=NCC(CC(C)C)N(CC)CC)NC(C)CCS(C)(=O)=O.I. The second kappa shape index (κ2) is 14.9. The van der Waals surface area contributed by atoms with Crippen LogP contribution in [0.2, 0.25) is 0 Å². The summed E-state index contributed by atoms with van der Waals surface area (Å²) < 4.78 is 22.7. The molecule has 0 spiro atoms. The van der Waals surface area contributed by atoms with Crippen molar-refractivity contribution in [3.05, 3.63) is 0 Å². The third-order valence-corrected chi connectivity index (χ3v) is 5.16. The van der Waals surface area contributed by atoms with Crippen molar-refractivity contribution >= 4 is 39.8 Å². The molecule has 2 atom stereocenters. The number of likely N-dealkylation sites (N-methyl/N-ethyl adjacent to an activating group) is 1. The third-order valence-electron chi connectivity index (χ3n) is 4.18. The van der Waals surface area contributed by atoms with Crippen LogP contribution in [-0.4, -0.2) is 69.5 Å². The molecule has 0 aliphatic heterocycles. The highest BCUT2D eigenvalue weighted by molar-refractivity contribution is 14.0. The summed E-state index contributed by atoms with van der Waals surface area (Å²) in [5, 5.41) is 6.60. The number of sulfone groups is 1. The molecule has 0 aromatic rings. The van der Waals surface area contributed by atoms with Crippen LogP contribution in [0.3, 0.4) is 0 Å². The molecule has 0 heterocycles. The Labute approximate surface area is 178 Å². The van der Waals surface area contributed by atoms with Gasteiger partial charge < -0.3 is 10.6 Å². The summed E-state index contributed by atoms with van der Waals surface area (Å²) in [6.07, 6.45) is 2.97. The zero-order chi connectivity index (χ0) is 19.5. The lowest BCUT2D eigenvalue weighted by Gasteiger charge is -2.30. The van der Waals surface area contributed by atoms with E-state index in [-0.39, 0.29) is 35.8 Å². The van der Waals surface area contributed by atoms with Crippen molar-refractivity contribution in [1.29, 1.82) is 0 Å². The van der Waals surface area contributed by atoms with Crippen LogP contribution < -0.4 is 10.6 Å². The van der Waals surface area contributed by atoms with Crippen molar-refractivity contribution in [3.63, 3.8) is 0 Å². The lowest BCUT2D eigenvalue weighted by molar-refractivity contribution is 0.196. The summed E-state index contributed by atoms with van der Waals surface area (Å²) >= 11 is 0. The van der Waals surface area contributed by atoms with Gasteiger partial charge in [-0.1, -0.05) is 27.7 Å². The third kappa shape index (κ3) is 14.0. The summed E-state index contributed by atoms with van der Waals surface area (Å²) in [6.45, 7) is 16.5. The van der Waals surface area contributed by atoms with Gasteiger partial charge in [0, 0.05) is 24.9 Å². The predicted molar refractivity (Wildman–Crippen MR) is 124 cm³/mol.